The molecule has 1 rings (SSSR count). The average Bonchev–Trinajstić information content (AvgIpc) is 2.37. The lowest BCUT2D eigenvalue weighted by Gasteiger charge is -2.27. The van der Waals surface area contributed by atoms with Gasteiger partial charge in [0.25, 0.3) is 10.1 Å². The Morgan fingerprint density at radius 1 is 1.42 bits per heavy atom. The van der Waals surface area contributed by atoms with Crippen LogP contribution in [0, 0.1) is 0 Å². The van der Waals surface area contributed by atoms with Crippen molar-refractivity contribution in [3.05, 3.63) is 23.9 Å². The summed E-state index contributed by atoms with van der Waals surface area (Å²) < 4.78 is 30.0. The van der Waals surface area contributed by atoms with E-state index in [-0.39, 0.29) is 18.2 Å². The van der Waals surface area contributed by atoms with Crippen LogP contribution in [0.3, 0.4) is 0 Å². The summed E-state index contributed by atoms with van der Waals surface area (Å²) in [4.78, 5) is 15.3. The predicted molar refractivity (Wildman–Crippen MR) is 73.3 cm³/mol. The van der Waals surface area contributed by atoms with E-state index >= 15 is 0 Å². The highest BCUT2D eigenvalue weighted by Gasteiger charge is 2.18. The Kier molecular flexibility index (Phi) is 5.56. The molecule has 2 amide bonds. The molecule has 0 aliphatic carbocycles. The summed E-state index contributed by atoms with van der Waals surface area (Å²) in [6, 6.07) is -0.0636. The first kappa shape index (κ1) is 15.7. The summed E-state index contributed by atoms with van der Waals surface area (Å²) in [6.07, 6.45) is 5.41. The third kappa shape index (κ3) is 5.04. The van der Waals surface area contributed by atoms with Gasteiger partial charge in [-0.3, -0.25) is 9.45 Å². The molecule has 0 bridgehead atoms. The van der Waals surface area contributed by atoms with Crippen molar-refractivity contribution in [1.82, 2.24) is 9.80 Å². The summed E-state index contributed by atoms with van der Waals surface area (Å²) in [6.45, 7) is 5.56. The van der Waals surface area contributed by atoms with Crippen molar-refractivity contribution in [3.8, 4) is 0 Å². The van der Waals surface area contributed by atoms with Gasteiger partial charge in [-0.25, -0.2) is 4.79 Å². The minimum Gasteiger partial charge on any atom is -0.325 e. The fraction of sp³-hybridized carbons (Fsp3) is 0.583. The van der Waals surface area contributed by atoms with Crippen molar-refractivity contribution in [1.29, 1.82) is 0 Å². The number of nitrogens with zero attached hydrogens (tertiary/aromatic N) is 2. The average molecular weight is 288 g/mol. The van der Waals surface area contributed by atoms with Crippen LogP contribution < -0.4 is 0 Å². The van der Waals surface area contributed by atoms with E-state index in [1.165, 1.54) is 0 Å². The molecule has 108 valence electrons. The first-order valence-corrected chi connectivity index (χ1v) is 7.86. The highest BCUT2D eigenvalue weighted by molar-refractivity contribution is 7.85. The highest BCUT2D eigenvalue weighted by Crippen LogP contribution is 2.13. The Hall–Kier alpha value is -1.34. The Morgan fingerprint density at radius 2 is 2.05 bits per heavy atom. The summed E-state index contributed by atoms with van der Waals surface area (Å²) >= 11 is 0. The first-order valence-electron chi connectivity index (χ1n) is 6.25. The minimum absolute atomic E-state index is 0.0636. The molecule has 0 atom stereocenters. The molecule has 0 spiro atoms. The fourth-order valence-corrected chi connectivity index (χ4v) is 2.27. The topological polar surface area (TPSA) is 77.9 Å². The van der Waals surface area contributed by atoms with Gasteiger partial charge in [-0.05, 0) is 31.9 Å². The zero-order chi connectivity index (χ0) is 14.5. The van der Waals surface area contributed by atoms with Crippen LogP contribution in [0.15, 0.2) is 23.9 Å². The van der Waals surface area contributed by atoms with Crippen LogP contribution in [-0.4, -0.2) is 54.2 Å². The van der Waals surface area contributed by atoms with Crippen molar-refractivity contribution >= 4 is 16.1 Å². The number of allylic oxidation sites excluding steroid dienone is 2. The maximum absolute atomic E-state index is 12.0. The largest absolute Gasteiger partial charge is 0.325 e. The fourth-order valence-electron chi connectivity index (χ4n) is 1.78. The van der Waals surface area contributed by atoms with E-state index in [2.05, 4.69) is 0 Å². The zero-order valence-corrected chi connectivity index (χ0v) is 12.1. The molecule has 6 nitrogen and oxygen atoms in total. The summed E-state index contributed by atoms with van der Waals surface area (Å²) in [5.41, 5.74) is 0.807. The number of carbonyl (C=O) groups is 1. The van der Waals surface area contributed by atoms with Crippen LogP contribution in [0.4, 0.5) is 4.79 Å². The second-order valence-electron chi connectivity index (χ2n) is 4.24. The van der Waals surface area contributed by atoms with Gasteiger partial charge in [0.1, 0.15) is 0 Å². The molecule has 1 N–H and O–H groups in total. The molecule has 0 aromatic rings. The molecule has 1 aliphatic rings. The quantitative estimate of drug-likeness (QED) is 0.777. The van der Waals surface area contributed by atoms with Crippen molar-refractivity contribution in [2.75, 3.05) is 25.4 Å². The SMILES string of the molecule is CCN(CC)C(=O)N1C=CC(CCS(=O)(=O)O)=CC1. The van der Waals surface area contributed by atoms with E-state index in [0.29, 0.717) is 19.6 Å². The maximum Gasteiger partial charge on any atom is 0.324 e. The Balaban J connectivity index is 2.55. The normalized spacial score (nSPS) is 15.3. The predicted octanol–water partition coefficient (Wildman–Crippen LogP) is 1.48. The van der Waals surface area contributed by atoms with Gasteiger partial charge in [0.15, 0.2) is 0 Å². The Morgan fingerprint density at radius 3 is 2.47 bits per heavy atom. The van der Waals surface area contributed by atoms with Crippen molar-refractivity contribution < 1.29 is 17.8 Å². The molecule has 7 heteroatoms. The Labute approximate surface area is 114 Å². The third-order valence-corrected chi connectivity index (χ3v) is 3.67. The number of carbonyl (C=O) groups excluding carboxylic acids is 1. The number of rotatable bonds is 5. The van der Waals surface area contributed by atoms with E-state index in [1.54, 1.807) is 28.2 Å². The zero-order valence-electron chi connectivity index (χ0n) is 11.2. The number of amides is 2. The van der Waals surface area contributed by atoms with E-state index in [9.17, 15) is 13.2 Å². The van der Waals surface area contributed by atoms with Gasteiger partial charge < -0.3 is 4.90 Å². The van der Waals surface area contributed by atoms with E-state index in [1.807, 2.05) is 13.8 Å². The summed E-state index contributed by atoms with van der Waals surface area (Å²) in [5.74, 6) is -0.298. The smallest absolute Gasteiger partial charge is 0.324 e. The molecule has 0 radical (unpaired) electrons. The molecule has 0 aromatic heterocycles. The third-order valence-electron chi connectivity index (χ3n) is 2.95. The van der Waals surface area contributed by atoms with Crippen LogP contribution in [0.25, 0.3) is 0 Å². The summed E-state index contributed by atoms with van der Waals surface area (Å²) in [7, 11) is -3.94. The molecule has 1 heterocycles. The van der Waals surface area contributed by atoms with Gasteiger partial charge >= 0.3 is 6.03 Å². The van der Waals surface area contributed by atoms with Crippen molar-refractivity contribution in [2.24, 2.45) is 0 Å². The number of hydrogen-bond donors (Lipinski definition) is 1. The highest BCUT2D eigenvalue weighted by atomic mass is 32.2. The molecule has 0 saturated heterocycles. The van der Waals surface area contributed by atoms with Crippen LogP contribution >= 0.6 is 0 Å². The van der Waals surface area contributed by atoms with Gasteiger partial charge in [-0.1, -0.05) is 6.08 Å². The van der Waals surface area contributed by atoms with Gasteiger partial charge in [-0.2, -0.15) is 8.42 Å². The van der Waals surface area contributed by atoms with Crippen molar-refractivity contribution in [3.63, 3.8) is 0 Å². The summed E-state index contributed by atoms with van der Waals surface area (Å²) in [5, 5.41) is 0. The van der Waals surface area contributed by atoms with E-state index < -0.39 is 10.1 Å². The van der Waals surface area contributed by atoms with Crippen LogP contribution in [0.2, 0.25) is 0 Å². The van der Waals surface area contributed by atoms with E-state index in [0.717, 1.165) is 5.57 Å². The first-order chi connectivity index (χ1) is 8.87. The molecule has 0 saturated carbocycles. The molecular weight excluding hydrogens is 268 g/mol. The second kappa shape index (κ2) is 6.72. The molecular formula is C12H20N2O4S. The van der Waals surface area contributed by atoms with E-state index in [4.69, 9.17) is 4.55 Å². The maximum atomic E-state index is 12.0. The van der Waals surface area contributed by atoms with Crippen LogP contribution in [0.1, 0.15) is 20.3 Å². The van der Waals surface area contributed by atoms with Gasteiger partial charge in [-0.15, -0.1) is 0 Å². The number of urea groups is 1. The number of hydrogen-bond acceptors (Lipinski definition) is 3. The lowest BCUT2D eigenvalue weighted by Crippen LogP contribution is -2.41. The lowest BCUT2D eigenvalue weighted by atomic mass is 10.1. The van der Waals surface area contributed by atoms with Crippen LogP contribution in [0.5, 0.6) is 0 Å². The minimum atomic E-state index is -3.94. The van der Waals surface area contributed by atoms with Crippen LogP contribution in [-0.2, 0) is 10.1 Å². The molecule has 0 unspecified atom stereocenters. The van der Waals surface area contributed by atoms with Gasteiger partial charge in [0.2, 0.25) is 0 Å². The molecule has 1 aliphatic heterocycles. The monoisotopic (exact) mass is 288 g/mol. The standard InChI is InChI=1S/C12H20N2O4S/c1-3-13(4-2)12(15)14-8-5-11(6-9-14)7-10-19(16,17)18/h5-6,8H,3-4,7,9-10H2,1-2H3,(H,16,17,18). The van der Waals surface area contributed by atoms with Gasteiger partial charge in [0.05, 0.1) is 5.75 Å². The van der Waals surface area contributed by atoms with Gasteiger partial charge in [0, 0.05) is 25.8 Å². The lowest BCUT2D eigenvalue weighted by molar-refractivity contribution is 0.177. The second-order valence-corrected chi connectivity index (χ2v) is 5.81. The Bertz CT molecular complexity index is 478. The van der Waals surface area contributed by atoms with Crippen molar-refractivity contribution in [2.45, 2.75) is 20.3 Å². The molecule has 0 fully saturated rings. The molecule has 19 heavy (non-hydrogen) atoms. The molecule has 0 aromatic carbocycles.